The lowest BCUT2D eigenvalue weighted by Gasteiger charge is -2.23. The third-order valence-electron chi connectivity index (χ3n) is 2.64. The maximum Gasteiger partial charge on any atom is 0.320 e. The number of carbonyl (C=O) groups is 1. The number of halogens is 2. The maximum atomic E-state index is 13.5. The van der Waals surface area contributed by atoms with Gasteiger partial charge in [0.1, 0.15) is 11.9 Å². The number of likely N-dealkylation sites (N-methyl/N-ethyl adjacent to an activating group) is 1. The fraction of sp³-hybridized carbons (Fsp3) is 0.417. The van der Waals surface area contributed by atoms with Crippen LogP contribution in [0.4, 0.5) is 4.39 Å². The van der Waals surface area contributed by atoms with Gasteiger partial charge in [-0.1, -0.05) is 24.6 Å². The molecule has 1 aromatic carbocycles. The first-order valence-corrected chi connectivity index (χ1v) is 5.70. The van der Waals surface area contributed by atoms with Crippen LogP contribution in [0, 0.1) is 5.82 Å². The zero-order chi connectivity index (χ0) is 13.0. The Morgan fingerprint density at radius 3 is 2.71 bits per heavy atom. The molecule has 1 N–H and O–H groups in total. The molecule has 0 aliphatic carbocycles. The van der Waals surface area contributed by atoms with Gasteiger partial charge in [0.2, 0.25) is 0 Å². The molecule has 0 bridgehead atoms. The van der Waals surface area contributed by atoms with E-state index in [1.807, 2.05) is 0 Å². The van der Waals surface area contributed by atoms with Crippen LogP contribution < -0.4 is 0 Å². The molecule has 94 valence electrons. The molecule has 1 rings (SSSR count). The number of benzene rings is 1. The fourth-order valence-corrected chi connectivity index (χ4v) is 1.86. The minimum absolute atomic E-state index is 0.244. The summed E-state index contributed by atoms with van der Waals surface area (Å²) in [5, 5.41) is 9.31. The second-order valence-corrected chi connectivity index (χ2v) is 4.35. The quantitative estimate of drug-likeness (QED) is 0.884. The van der Waals surface area contributed by atoms with Crippen molar-refractivity contribution in [1.29, 1.82) is 0 Å². The predicted octanol–water partition coefficient (Wildman–Crippen LogP) is 2.77. The SMILES string of the molecule is CCC(C(=O)O)N(C)Cc1ccc(Cl)cc1F. The third-order valence-corrected chi connectivity index (χ3v) is 2.87. The average molecular weight is 260 g/mol. The van der Waals surface area contributed by atoms with Crippen molar-refractivity contribution in [3.63, 3.8) is 0 Å². The van der Waals surface area contributed by atoms with Gasteiger partial charge in [0.15, 0.2) is 0 Å². The van der Waals surface area contributed by atoms with Crippen LogP contribution in [0.3, 0.4) is 0 Å². The Hall–Kier alpha value is -1.13. The molecule has 0 saturated heterocycles. The molecule has 0 radical (unpaired) electrons. The van der Waals surface area contributed by atoms with Crippen molar-refractivity contribution < 1.29 is 14.3 Å². The van der Waals surface area contributed by atoms with Crippen molar-refractivity contribution >= 4 is 17.6 Å². The van der Waals surface area contributed by atoms with Crippen LogP contribution in [0.25, 0.3) is 0 Å². The van der Waals surface area contributed by atoms with Crippen LogP contribution in [-0.4, -0.2) is 29.1 Å². The zero-order valence-corrected chi connectivity index (χ0v) is 10.5. The summed E-state index contributed by atoms with van der Waals surface area (Å²) in [6.45, 7) is 2.03. The monoisotopic (exact) mass is 259 g/mol. The highest BCUT2D eigenvalue weighted by Crippen LogP contribution is 2.17. The zero-order valence-electron chi connectivity index (χ0n) is 9.78. The van der Waals surface area contributed by atoms with E-state index in [0.29, 0.717) is 17.0 Å². The summed E-state index contributed by atoms with van der Waals surface area (Å²) >= 11 is 5.65. The molecule has 1 unspecified atom stereocenters. The molecule has 0 fully saturated rings. The highest BCUT2D eigenvalue weighted by molar-refractivity contribution is 6.30. The molecule has 1 atom stereocenters. The first kappa shape index (κ1) is 13.9. The van der Waals surface area contributed by atoms with Crippen LogP contribution in [0.2, 0.25) is 5.02 Å². The average Bonchev–Trinajstić information content (AvgIpc) is 2.22. The van der Waals surface area contributed by atoms with Gasteiger partial charge in [0, 0.05) is 17.1 Å². The lowest BCUT2D eigenvalue weighted by Crippen LogP contribution is -2.37. The lowest BCUT2D eigenvalue weighted by atomic mass is 10.1. The van der Waals surface area contributed by atoms with Crippen molar-refractivity contribution in [2.45, 2.75) is 25.9 Å². The summed E-state index contributed by atoms with van der Waals surface area (Å²) in [5.74, 6) is -1.31. The standard InChI is InChI=1S/C12H15ClFNO2/c1-3-11(12(16)17)15(2)7-8-4-5-9(13)6-10(8)14/h4-6,11H,3,7H2,1-2H3,(H,16,17). The number of aliphatic carboxylic acids is 1. The van der Waals surface area contributed by atoms with Crippen molar-refractivity contribution in [2.75, 3.05) is 7.05 Å². The largest absolute Gasteiger partial charge is 0.480 e. The van der Waals surface area contributed by atoms with E-state index < -0.39 is 17.8 Å². The van der Waals surface area contributed by atoms with Gasteiger partial charge in [-0.2, -0.15) is 0 Å². The summed E-state index contributed by atoms with van der Waals surface area (Å²) < 4.78 is 13.5. The Kier molecular flexibility index (Phi) is 4.90. The van der Waals surface area contributed by atoms with E-state index in [2.05, 4.69) is 0 Å². The van der Waals surface area contributed by atoms with Crippen LogP contribution >= 0.6 is 11.6 Å². The van der Waals surface area contributed by atoms with Crippen molar-refractivity contribution in [1.82, 2.24) is 4.90 Å². The maximum absolute atomic E-state index is 13.5. The molecule has 0 aliphatic rings. The Morgan fingerprint density at radius 1 is 1.59 bits per heavy atom. The predicted molar refractivity (Wildman–Crippen MR) is 64.6 cm³/mol. The number of rotatable bonds is 5. The molecule has 0 spiro atoms. The first-order chi connectivity index (χ1) is 7.95. The molecular weight excluding hydrogens is 245 g/mol. The van der Waals surface area contributed by atoms with Gasteiger partial charge >= 0.3 is 5.97 Å². The number of carboxylic acids is 1. The van der Waals surface area contributed by atoms with Gasteiger partial charge in [0.25, 0.3) is 0 Å². The minimum Gasteiger partial charge on any atom is -0.480 e. The van der Waals surface area contributed by atoms with E-state index in [4.69, 9.17) is 16.7 Å². The molecule has 0 amide bonds. The van der Waals surface area contributed by atoms with Gasteiger partial charge in [-0.25, -0.2) is 4.39 Å². The molecule has 3 nitrogen and oxygen atoms in total. The van der Waals surface area contributed by atoms with Crippen molar-refractivity contribution in [3.05, 3.63) is 34.6 Å². The van der Waals surface area contributed by atoms with Crippen LogP contribution in [-0.2, 0) is 11.3 Å². The summed E-state index contributed by atoms with van der Waals surface area (Å²) in [4.78, 5) is 12.6. The Balaban J connectivity index is 2.79. The number of carboxylic acid groups (broad SMARTS) is 1. The highest BCUT2D eigenvalue weighted by atomic mass is 35.5. The summed E-state index contributed by atoms with van der Waals surface area (Å²) in [5.41, 5.74) is 0.441. The molecule has 5 heteroatoms. The smallest absolute Gasteiger partial charge is 0.320 e. The van der Waals surface area contributed by atoms with E-state index in [1.165, 1.54) is 6.07 Å². The first-order valence-electron chi connectivity index (χ1n) is 5.32. The highest BCUT2D eigenvalue weighted by Gasteiger charge is 2.21. The van der Waals surface area contributed by atoms with Crippen molar-refractivity contribution in [3.8, 4) is 0 Å². The molecule has 17 heavy (non-hydrogen) atoms. The lowest BCUT2D eigenvalue weighted by molar-refractivity contribution is -0.143. The van der Waals surface area contributed by atoms with Gasteiger partial charge in [-0.15, -0.1) is 0 Å². The van der Waals surface area contributed by atoms with E-state index in [0.717, 1.165) is 0 Å². The van der Waals surface area contributed by atoms with Crippen molar-refractivity contribution in [2.24, 2.45) is 0 Å². The summed E-state index contributed by atoms with van der Waals surface area (Å²) in [6, 6.07) is 3.79. The topological polar surface area (TPSA) is 40.5 Å². The van der Waals surface area contributed by atoms with Gasteiger partial charge in [0.05, 0.1) is 0 Å². The fourth-order valence-electron chi connectivity index (χ4n) is 1.70. The molecule has 0 aliphatic heterocycles. The third kappa shape index (κ3) is 3.68. The Labute approximate surface area is 105 Å². The molecule has 0 saturated carbocycles. The summed E-state index contributed by atoms with van der Waals surface area (Å²) in [6.07, 6.45) is 0.473. The Bertz CT molecular complexity index is 411. The van der Waals surface area contributed by atoms with Crippen LogP contribution in [0.15, 0.2) is 18.2 Å². The van der Waals surface area contributed by atoms with Gasteiger partial charge < -0.3 is 5.11 Å². The van der Waals surface area contributed by atoms with Gasteiger partial charge in [-0.3, -0.25) is 9.69 Å². The van der Waals surface area contributed by atoms with E-state index in [-0.39, 0.29) is 6.54 Å². The number of nitrogens with zero attached hydrogens (tertiary/aromatic N) is 1. The van der Waals surface area contributed by atoms with Gasteiger partial charge in [-0.05, 0) is 25.6 Å². The van der Waals surface area contributed by atoms with E-state index in [9.17, 15) is 9.18 Å². The van der Waals surface area contributed by atoms with Crippen LogP contribution in [0.5, 0.6) is 0 Å². The van der Waals surface area contributed by atoms with E-state index in [1.54, 1.807) is 31.0 Å². The Morgan fingerprint density at radius 2 is 2.24 bits per heavy atom. The molecule has 1 aromatic rings. The molecular formula is C12H15ClFNO2. The molecule has 0 heterocycles. The second-order valence-electron chi connectivity index (χ2n) is 3.91. The normalized spacial score (nSPS) is 12.8. The number of hydrogen-bond donors (Lipinski definition) is 1. The van der Waals surface area contributed by atoms with Crippen LogP contribution in [0.1, 0.15) is 18.9 Å². The number of hydrogen-bond acceptors (Lipinski definition) is 2. The van der Waals surface area contributed by atoms with E-state index >= 15 is 0 Å². The molecule has 0 aromatic heterocycles. The second kappa shape index (κ2) is 5.98. The minimum atomic E-state index is -0.899. The summed E-state index contributed by atoms with van der Waals surface area (Å²) in [7, 11) is 1.66.